The van der Waals surface area contributed by atoms with Crippen LogP contribution in [0.2, 0.25) is 0 Å². The summed E-state index contributed by atoms with van der Waals surface area (Å²) in [5, 5.41) is 24.5. The van der Waals surface area contributed by atoms with Crippen molar-refractivity contribution >= 4 is 29.4 Å². The number of carbonyl (C=O) groups excluding carboxylic acids is 2. The van der Waals surface area contributed by atoms with E-state index >= 15 is 0 Å². The second-order valence-electron chi connectivity index (χ2n) is 14.4. The van der Waals surface area contributed by atoms with E-state index in [1.165, 1.54) is 53.2 Å². The fraction of sp³-hybridized carbons (Fsp3) is 0.217. The van der Waals surface area contributed by atoms with E-state index in [9.17, 15) is 34.6 Å². The lowest BCUT2D eigenvalue weighted by Gasteiger charge is -2.37. The summed E-state index contributed by atoms with van der Waals surface area (Å²) in [7, 11) is 3.13. The molecule has 19 nitrogen and oxygen atoms in total. The molecule has 0 bridgehead atoms. The first-order valence-corrected chi connectivity index (χ1v) is 20.0. The molecule has 1 fully saturated rings. The number of hydrogen-bond donors (Lipinski definition) is 1. The molecule has 1 aromatic heterocycles. The predicted octanol–water partition coefficient (Wildman–Crippen LogP) is 7.75. The highest BCUT2D eigenvalue weighted by atomic mass is 16.7. The van der Waals surface area contributed by atoms with E-state index in [1.807, 2.05) is 78.9 Å². The zero-order valence-corrected chi connectivity index (χ0v) is 34.8. The Labute approximate surface area is 370 Å². The van der Waals surface area contributed by atoms with Crippen molar-refractivity contribution in [2.75, 3.05) is 32.8 Å². The molecule has 3 atom stereocenters. The number of benzene rings is 5. The number of non-ortho nitro benzene ring substituents is 2. The molecule has 19 heteroatoms. The molecule has 1 N–H and O–H groups in total. The highest BCUT2D eigenvalue weighted by molar-refractivity contribution is 5.83. The van der Waals surface area contributed by atoms with Gasteiger partial charge in [-0.05, 0) is 64.7 Å². The topological polar surface area (TPSA) is 232 Å². The lowest BCUT2D eigenvalue weighted by Crippen LogP contribution is -2.39. The Balaban J connectivity index is 1.13. The number of nitro groups is 2. The molecule has 1 aliphatic rings. The van der Waals surface area contributed by atoms with Crippen molar-refractivity contribution < 1.29 is 52.6 Å². The van der Waals surface area contributed by atoms with Crippen LogP contribution < -0.4 is 25.2 Å². The van der Waals surface area contributed by atoms with Gasteiger partial charge in [0.1, 0.15) is 47.1 Å². The minimum atomic E-state index is -1.30. The van der Waals surface area contributed by atoms with Crippen LogP contribution in [0.4, 0.5) is 26.8 Å². The van der Waals surface area contributed by atoms with Crippen molar-refractivity contribution in [3.8, 4) is 17.2 Å². The van der Waals surface area contributed by atoms with Gasteiger partial charge in [-0.2, -0.15) is 4.98 Å². The monoisotopic (exact) mass is 887 g/mol. The molecule has 0 unspecified atom stereocenters. The second-order valence-corrected chi connectivity index (χ2v) is 14.4. The number of ether oxygens (including phenoxy) is 7. The fourth-order valence-corrected chi connectivity index (χ4v) is 7.19. The van der Waals surface area contributed by atoms with Crippen LogP contribution >= 0.6 is 0 Å². The van der Waals surface area contributed by atoms with E-state index in [-0.39, 0.29) is 49.0 Å². The van der Waals surface area contributed by atoms with E-state index in [4.69, 9.17) is 33.2 Å². The summed E-state index contributed by atoms with van der Waals surface area (Å²) >= 11 is 0. The number of carbonyl (C=O) groups is 2. The largest absolute Gasteiger partial charge is 0.514 e. The van der Waals surface area contributed by atoms with Gasteiger partial charge in [-0.1, -0.05) is 66.7 Å². The quantitative estimate of drug-likeness (QED) is 0.0303. The van der Waals surface area contributed by atoms with Crippen LogP contribution in [0.1, 0.15) is 34.9 Å². The molecule has 6 aromatic rings. The van der Waals surface area contributed by atoms with Gasteiger partial charge in [0.15, 0.2) is 0 Å². The predicted molar refractivity (Wildman–Crippen MR) is 231 cm³/mol. The van der Waals surface area contributed by atoms with Gasteiger partial charge >= 0.3 is 17.9 Å². The van der Waals surface area contributed by atoms with Gasteiger partial charge in [0.2, 0.25) is 0 Å². The molecule has 65 heavy (non-hydrogen) atoms. The molecule has 0 aliphatic carbocycles. The summed E-state index contributed by atoms with van der Waals surface area (Å²) in [5.41, 5.74) is 0.495. The van der Waals surface area contributed by atoms with Crippen LogP contribution in [0.25, 0.3) is 0 Å². The normalized spacial score (nSPS) is 15.6. The van der Waals surface area contributed by atoms with Crippen molar-refractivity contribution in [3.63, 3.8) is 0 Å². The Morgan fingerprint density at radius 3 is 1.88 bits per heavy atom. The van der Waals surface area contributed by atoms with Gasteiger partial charge < -0.3 is 33.2 Å². The molecule has 334 valence electrons. The van der Waals surface area contributed by atoms with Gasteiger partial charge in [0.05, 0.1) is 37.3 Å². The molecule has 0 spiro atoms. The van der Waals surface area contributed by atoms with Gasteiger partial charge in [-0.25, -0.2) is 14.4 Å². The van der Waals surface area contributed by atoms with Crippen molar-refractivity contribution in [2.24, 2.45) is 0 Å². The van der Waals surface area contributed by atoms with Crippen LogP contribution in [0, 0.1) is 20.2 Å². The molecule has 0 radical (unpaired) electrons. The summed E-state index contributed by atoms with van der Waals surface area (Å²) in [6, 6.07) is 36.2. The number of nitrogens with one attached hydrogen (secondary N) is 1. The first-order chi connectivity index (χ1) is 31.4. The molecular weight excluding hydrogens is 847 g/mol. The highest BCUT2D eigenvalue weighted by Gasteiger charge is 2.44. The Morgan fingerprint density at radius 1 is 0.769 bits per heavy atom. The van der Waals surface area contributed by atoms with Gasteiger partial charge in [-0.3, -0.25) is 30.1 Å². The number of anilines is 1. The fourth-order valence-electron chi connectivity index (χ4n) is 7.19. The summed E-state index contributed by atoms with van der Waals surface area (Å²) in [6.45, 7) is -0.275. The molecule has 1 saturated heterocycles. The molecule has 1 aliphatic heterocycles. The molecule has 7 rings (SSSR count). The van der Waals surface area contributed by atoms with E-state index in [0.29, 0.717) is 28.2 Å². The summed E-state index contributed by atoms with van der Waals surface area (Å²) in [5.74, 6) is 1.10. The lowest BCUT2D eigenvalue weighted by molar-refractivity contribution is -0.385. The number of aromatic nitrogens is 2. The maximum atomic E-state index is 13.5. The number of methoxy groups -OCH3 is 2. The molecule has 1 amide bonds. The highest BCUT2D eigenvalue weighted by Crippen LogP contribution is 2.43. The van der Waals surface area contributed by atoms with Gasteiger partial charge in [0, 0.05) is 43.3 Å². The van der Waals surface area contributed by atoms with Gasteiger partial charge in [0.25, 0.3) is 11.4 Å². The van der Waals surface area contributed by atoms with Crippen LogP contribution in [0.15, 0.2) is 144 Å². The molecule has 0 saturated carbocycles. The third-order valence-electron chi connectivity index (χ3n) is 10.5. The number of rotatable bonds is 17. The first-order valence-electron chi connectivity index (χ1n) is 20.0. The lowest BCUT2D eigenvalue weighted by atomic mass is 9.80. The number of nitrogens with zero attached hydrogens (tertiary/aromatic N) is 4. The summed E-state index contributed by atoms with van der Waals surface area (Å²) in [4.78, 5) is 64.4. The summed E-state index contributed by atoms with van der Waals surface area (Å²) < 4.78 is 42.0. The third kappa shape index (κ3) is 10.7. The molecular formula is C46H41N5O14. The Hall–Kier alpha value is -8.16. The minimum absolute atomic E-state index is 0.0145. The van der Waals surface area contributed by atoms with Crippen molar-refractivity contribution in [1.29, 1.82) is 0 Å². The van der Waals surface area contributed by atoms with E-state index in [0.717, 1.165) is 5.56 Å². The van der Waals surface area contributed by atoms with E-state index in [2.05, 4.69) is 10.3 Å². The van der Waals surface area contributed by atoms with Crippen LogP contribution in [0.5, 0.6) is 17.2 Å². The van der Waals surface area contributed by atoms with Crippen LogP contribution in [-0.2, 0) is 31.0 Å². The average Bonchev–Trinajstić information content (AvgIpc) is 3.71. The zero-order chi connectivity index (χ0) is 45.9. The maximum Gasteiger partial charge on any atom is 0.514 e. The smallest absolute Gasteiger partial charge is 0.497 e. The maximum absolute atomic E-state index is 13.5. The summed E-state index contributed by atoms with van der Waals surface area (Å²) in [6.07, 6.45) is -3.65. The SMILES string of the molecule is COc1ccc(C(OC[C@H]2O[C@@H](n3ccc(NC(=O)OCCc4ccc([N+](=O)[O-])cc4)nc3=O)C[C@@H]2OC(=O)Oc2ccc([N+](=O)[O-])cc2)(c2ccccc2)c2ccc(OC)cc2)cc1. The molecule has 5 aromatic carbocycles. The second kappa shape index (κ2) is 20.4. The van der Waals surface area contributed by atoms with Crippen molar-refractivity contribution in [2.45, 2.75) is 36.9 Å². The van der Waals surface area contributed by atoms with Crippen molar-refractivity contribution in [1.82, 2.24) is 9.55 Å². The number of amides is 1. The number of nitro benzene ring substituents is 2. The van der Waals surface area contributed by atoms with E-state index in [1.54, 1.807) is 26.4 Å². The van der Waals surface area contributed by atoms with E-state index < -0.39 is 51.8 Å². The molecule has 2 heterocycles. The Kier molecular flexibility index (Phi) is 14.1. The Morgan fingerprint density at radius 2 is 1.32 bits per heavy atom. The van der Waals surface area contributed by atoms with Gasteiger partial charge in [-0.15, -0.1) is 0 Å². The first kappa shape index (κ1) is 44.9. The van der Waals surface area contributed by atoms with Crippen LogP contribution in [0.3, 0.4) is 0 Å². The third-order valence-corrected chi connectivity index (χ3v) is 10.5. The van der Waals surface area contributed by atoms with Crippen molar-refractivity contribution in [3.05, 3.63) is 193 Å². The standard InChI is InChI=1S/C46H41N5O14/c1-59-36-18-10-32(11-19-36)46(31-6-4-3-5-7-31,33-12-20-37(60-2)21-13-33)62-29-40-39(65-45(54)63-38-22-16-35(17-23-38)51(57)58)28-42(64-40)49-26-24-41(47-43(49)52)48-44(53)61-27-25-30-8-14-34(15-9-30)50(55)56/h3-24,26,39-40,42H,25,27-29H2,1-2H3,(H,47,48,52,53)/t39-,40+,42+/m0/s1. The minimum Gasteiger partial charge on any atom is -0.497 e. The Bertz CT molecular complexity index is 2610. The number of hydrogen-bond acceptors (Lipinski definition) is 15. The zero-order valence-electron chi connectivity index (χ0n) is 34.8. The average molecular weight is 888 g/mol. The van der Waals surface area contributed by atoms with Crippen LogP contribution in [-0.4, -0.2) is 71.3 Å².